The quantitative estimate of drug-likeness (QED) is 0.806. The molecule has 0 aliphatic carbocycles. The number of carbonyl (C=O) groups excluding carboxylic acids is 1. The van der Waals surface area contributed by atoms with Gasteiger partial charge in [0, 0.05) is 23.9 Å². The van der Waals surface area contributed by atoms with E-state index in [2.05, 4.69) is 15.0 Å². The lowest BCUT2D eigenvalue weighted by atomic mass is 10.1. The summed E-state index contributed by atoms with van der Waals surface area (Å²) < 4.78 is 0. The highest BCUT2D eigenvalue weighted by Gasteiger charge is 2.23. The first-order valence-electron chi connectivity index (χ1n) is 7.58. The molecule has 0 unspecified atom stereocenters. The van der Waals surface area contributed by atoms with Crippen LogP contribution in [0.15, 0.2) is 42.0 Å². The number of nitrogens with zero attached hydrogens (tertiary/aromatic N) is 3. The Morgan fingerprint density at radius 2 is 2.17 bits per heavy atom. The van der Waals surface area contributed by atoms with E-state index < -0.39 is 0 Å². The van der Waals surface area contributed by atoms with Crippen molar-refractivity contribution in [3.05, 3.63) is 59.1 Å². The highest BCUT2D eigenvalue weighted by Crippen LogP contribution is 2.24. The standard InChI is InChI=1S/C17H16N4OS/c22-16(21-7-6-14-15(9-21)19-11-18-14)8-13-10-23-17(20-13)12-4-2-1-3-5-12/h1-5,10-11H,6-9H2,(H,18,19). The van der Waals surface area contributed by atoms with Crippen LogP contribution in [0.1, 0.15) is 17.1 Å². The van der Waals surface area contributed by atoms with Gasteiger partial charge in [-0.25, -0.2) is 9.97 Å². The number of nitrogens with one attached hydrogen (secondary N) is 1. The molecule has 2 aromatic heterocycles. The van der Waals surface area contributed by atoms with Crippen molar-refractivity contribution in [2.75, 3.05) is 6.54 Å². The molecule has 0 atom stereocenters. The molecule has 5 nitrogen and oxygen atoms in total. The third kappa shape index (κ3) is 2.90. The maximum Gasteiger partial charge on any atom is 0.228 e. The topological polar surface area (TPSA) is 61.9 Å². The number of H-pyrrole nitrogens is 1. The minimum absolute atomic E-state index is 0.121. The minimum Gasteiger partial charge on any atom is -0.347 e. The molecule has 3 heterocycles. The van der Waals surface area contributed by atoms with Crippen LogP contribution in [0.4, 0.5) is 0 Å². The van der Waals surface area contributed by atoms with E-state index >= 15 is 0 Å². The van der Waals surface area contributed by atoms with Gasteiger partial charge in [-0.1, -0.05) is 30.3 Å². The van der Waals surface area contributed by atoms with Crippen molar-refractivity contribution in [3.63, 3.8) is 0 Å². The molecule has 3 aromatic rings. The molecule has 1 aromatic carbocycles. The second-order valence-corrected chi connectivity index (χ2v) is 6.44. The van der Waals surface area contributed by atoms with Gasteiger partial charge in [0.25, 0.3) is 0 Å². The van der Waals surface area contributed by atoms with Crippen LogP contribution in [0, 0.1) is 0 Å². The Kier molecular flexibility index (Phi) is 3.67. The molecule has 23 heavy (non-hydrogen) atoms. The minimum atomic E-state index is 0.121. The Morgan fingerprint density at radius 3 is 3.04 bits per heavy atom. The van der Waals surface area contributed by atoms with Gasteiger partial charge >= 0.3 is 0 Å². The van der Waals surface area contributed by atoms with Gasteiger partial charge in [0.15, 0.2) is 0 Å². The Morgan fingerprint density at radius 1 is 1.30 bits per heavy atom. The predicted octanol–water partition coefficient (Wildman–Crippen LogP) is 2.66. The summed E-state index contributed by atoms with van der Waals surface area (Å²) in [4.78, 5) is 26.4. The number of hydrogen-bond acceptors (Lipinski definition) is 4. The van der Waals surface area contributed by atoms with Crippen LogP contribution in [0.3, 0.4) is 0 Å². The normalized spacial score (nSPS) is 13.8. The Labute approximate surface area is 138 Å². The van der Waals surface area contributed by atoms with E-state index in [-0.39, 0.29) is 5.91 Å². The summed E-state index contributed by atoms with van der Waals surface area (Å²) in [7, 11) is 0. The van der Waals surface area contributed by atoms with Crippen LogP contribution in [0.25, 0.3) is 10.6 Å². The Bertz CT molecular complexity index is 824. The number of benzene rings is 1. The molecule has 1 aliphatic heterocycles. The zero-order valence-electron chi connectivity index (χ0n) is 12.5. The van der Waals surface area contributed by atoms with Gasteiger partial charge in [-0.2, -0.15) is 0 Å². The van der Waals surface area contributed by atoms with E-state index in [0.717, 1.165) is 40.6 Å². The fraction of sp³-hybridized carbons (Fsp3) is 0.235. The van der Waals surface area contributed by atoms with Crippen molar-refractivity contribution in [1.82, 2.24) is 19.9 Å². The monoisotopic (exact) mass is 324 g/mol. The third-order valence-electron chi connectivity index (χ3n) is 4.03. The van der Waals surface area contributed by atoms with Crippen LogP contribution in [0.5, 0.6) is 0 Å². The summed E-state index contributed by atoms with van der Waals surface area (Å²) in [6.07, 6.45) is 2.87. The van der Waals surface area contributed by atoms with Crippen molar-refractivity contribution in [1.29, 1.82) is 0 Å². The molecule has 1 N–H and O–H groups in total. The van der Waals surface area contributed by atoms with Crippen molar-refractivity contribution in [2.45, 2.75) is 19.4 Å². The van der Waals surface area contributed by atoms with Crippen molar-refractivity contribution >= 4 is 17.2 Å². The molecule has 4 rings (SSSR count). The van der Waals surface area contributed by atoms with Crippen molar-refractivity contribution < 1.29 is 4.79 Å². The Balaban J connectivity index is 1.45. The molecular weight excluding hydrogens is 308 g/mol. The number of thiazole rings is 1. The fourth-order valence-corrected chi connectivity index (χ4v) is 3.62. The summed E-state index contributed by atoms with van der Waals surface area (Å²) in [5, 5.41) is 2.94. The summed E-state index contributed by atoms with van der Waals surface area (Å²) >= 11 is 1.58. The van der Waals surface area contributed by atoms with E-state index in [9.17, 15) is 4.79 Å². The average molecular weight is 324 g/mol. The summed E-state index contributed by atoms with van der Waals surface area (Å²) in [5.41, 5.74) is 4.06. The summed E-state index contributed by atoms with van der Waals surface area (Å²) in [6, 6.07) is 10.1. The number of imidazole rings is 1. The predicted molar refractivity (Wildman–Crippen MR) is 89.0 cm³/mol. The lowest BCUT2D eigenvalue weighted by Gasteiger charge is -2.26. The number of rotatable bonds is 3. The SMILES string of the molecule is O=C(Cc1csc(-c2ccccc2)n1)N1CCc2nc[nH]c2C1. The van der Waals surface area contributed by atoms with Crippen molar-refractivity contribution in [2.24, 2.45) is 0 Å². The molecule has 116 valence electrons. The fourth-order valence-electron chi connectivity index (χ4n) is 2.79. The first kappa shape index (κ1) is 14.1. The summed E-state index contributed by atoms with van der Waals surface area (Å²) in [5.74, 6) is 0.121. The number of fused-ring (bicyclic) bond motifs is 1. The van der Waals surface area contributed by atoms with Crippen molar-refractivity contribution in [3.8, 4) is 10.6 Å². The van der Waals surface area contributed by atoms with E-state index in [0.29, 0.717) is 13.0 Å². The largest absolute Gasteiger partial charge is 0.347 e. The molecule has 0 spiro atoms. The second kappa shape index (κ2) is 5.96. The van der Waals surface area contributed by atoms with E-state index in [1.165, 1.54) is 0 Å². The van der Waals surface area contributed by atoms with Gasteiger partial charge in [-0.15, -0.1) is 11.3 Å². The van der Waals surface area contributed by atoms with Crippen LogP contribution in [-0.4, -0.2) is 32.3 Å². The molecule has 0 radical (unpaired) electrons. The van der Waals surface area contributed by atoms with Crippen LogP contribution < -0.4 is 0 Å². The van der Waals surface area contributed by atoms with Gasteiger partial charge in [0.2, 0.25) is 5.91 Å². The number of amides is 1. The van der Waals surface area contributed by atoms with Crippen LogP contribution in [-0.2, 0) is 24.2 Å². The third-order valence-corrected chi connectivity index (χ3v) is 4.97. The first-order chi connectivity index (χ1) is 11.3. The molecule has 0 saturated heterocycles. The highest BCUT2D eigenvalue weighted by atomic mass is 32.1. The number of hydrogen-bond donors (Lipinski definition) is 1. The number of aromatic amines is 1. The number of aromatic nitrogens is 3. The Hall–Kier alpha value is -2.47. The maximum atomic E-state index is 12.5. The molecule has 1 aliphatic rings. The van der Waals surface area contributed by atoms with Crippen LogP contribution >= 0.6 is 11.3 Å². The van der Waals surface area contributed by atoms with E-state index in [1.807, 2.05) is 40.6 Å². The molecular formula is C17H16N4OS. The van der Waals surface area contributed by atoms with Gasteiger partial charge in [0.05, 0.1) is 36.4 Å². The van der Waals surface area contributed by atoms with Gasteiger partial charge in [-0.05, 0) is 0 Å². The van der Waals surface area contributed by atoms with E-state index in [4.69, 9.17) is 0 Å². The molecule has 6 heteroatoms. The van der Waals surface area contributed by atoms with Gasteiger partial charge in [0.1, 0.15) is 5.01 Å². The van der Waals surface area contributed by atoms with Crippen LogP contribution in [0.2, 0.25) is 0 Å². The van der Waals surface area contributed by atoms with Gasteiger partial charge in [-0.3, -0.25) is 4.79 Å². The first-order valence-corrected chi connectivity index (χ1v) is 8.46. The maximum absolute atomic E-state index is 12.5. The number of carbonyl (C=O) groups is 1. The molecule has 0 bridgehead atoms. The lowest BCUT2D eigenvalue weighted by molar-refractivity contribution is -0.131. The molecule has 0 saturated carbocycles. The van der Waals surface area contributed by atoms with E-state index in [1.54, 1.807) is 17.7 Å². The average Bonchev–Trinajstić information content (AvgIpc) is 3.24. The molecule has 0 fully saturated rings. The highest BCUT2D eigenvalue weighted by molar-refractivity contribution is 7.13. The zero-order valence-corrected chi connectivity index (χ0v) is 13.3. The summed E-state index contributed by atoms with van der Waals surface area (Å²) in [6.45, 7) is 1.34. The smallest absolute Gasteiger partial charge is 0.228 e. The zero-order chi connectivity index (χ0) is 15.6. The molecule has 1 amide bonds. The van der Waals surface area contributed by atoms with Gasteiger partial charge < -0.3 is 9.88 Å². The lowest BCUT2D eigenvalue weighted by Crippen LogP contribution is -2.37. The second-order valence-electron chi connectivity index (χ2n) is 5.58.